The minimum atomic E-state index is -0.501. The average molecular weight is 458 g/mol. The number of nitrogens with zero attached hydrogens (tertiary/aromatic N) is 3. The van der Waals surface area contributed by atoms with Crippen LogP contribution < -0.4 is 0 Å². The summed E-state index contributed by atoms with van der Waals surface area (Å²) < 4.78 is 19.5. The Morgan fingerprint density at radius 1 is 1.12 bits per heavy atom. The Kier molecular flexibility index (Phi) is 7.24. The number of aromatic nitrogens is 1. The van der Waals surface area contributed by atoms with Crippen LogP contribution in [0.15, 0.2) is 34.9 Å². The second-order valence-electron chi connectivity index (χ2n) is 9.21. The van der Waals surface area contributed by atoms with Gasteiger partial charge in [0.15, 0.2) is 11.5 Å². The Balaban J connectivity index is 1.38. The summed E-state index contributed by atoms with van der Waals surface area (Å²) in [6, 6.07) is 7.61. The van der Waals surface area contributed by atoms with E-state index in [1.807, 2.05) is 43.1 Å². The summed E-state index contributed by atoms with van der Waals surface area (Å²) in [7, 11) is 0. The summed E-state index contributed by atoms with van der Waals surface area (Å²) in [5.74, 6) is 0.591. The Hall–Kier alpha value is -2.58. The van der Waals surface area contributed by atoms with Crippen molar-refractivity contribution in [3.63, 3.8) is 0 Å². The topological polar surface area (TPSA) is 77.2 Å². The third-order valence-corrected chi connectivity index (χ3v) is 6.40. The zero-order valence-corrected chi connectivity index (χ0v) is 19.9. The lowest BCUT2D eigenvalue weighted by Gasteiger charge is -2.37. The standard InChI is InChI=1S/C25H35N3O5/c1-4-11-28(23(29)19(2)3)17-20-6-5-12-27(20)18-21-7-8-22(33-21)24(30)26-13-9-25(10-14-26)31-15-16-32-25/h5-8,12,19H,4,9-11,13-18H2,1-3H3. The first-order valence-corrected chi connectivity index (χ1v) is 12.0. The van der Waals surface area contributed by atoms with Gasteiger partial charge in [-0.05, 0) is 30.7 Å². The smallest absolute Gasteiger partial charge is 0.289 e. The molecule has 8 heteroatoms. The van der Waals surface area contributed by atoms with Gasteiger partial charge < -0.3 is 28.3 Å². The lowest BCUT2D eigenvalue weighted by molar-refractivity contribution is -0.181. The number of amides is 2. The van der Waals surface area contributed by atoms with Crippen molar-refractivity contribution in [2.75, 3.05) is 32.8 Å². The van der Waals surface area contributed by atoms with Crippen LogP contribution in [-0.4, -0.2) is 64.8 Å². The molecule has 8 nitrogen and oxygen atoms in total. The molecule has 2 aromatic rings. The van der Waals surface area contributed by atoms with Gasteiger partial charge in [-0.15, -0.1) is 0 Å². The largest absolute Gasteiger partial charge is 0.454 e. The molecule has 2 aliphatic rings. The molecule has 2 fully saturated rings. The lowest BCUT2D eigenvalue weighted by atomic mass is 10.0. The van der Waals surface area contributed by atoms with Gasteiger partial charge in [-0.2, -0.15) is 0 Å². The van der Waals surface area contributed by atoms with E-state index in [9.17, 15) is 9.59 Å². The molecule has 2 aliphatic heterocycles. The van der Waals surface area contributed by atoms with Crippen LogP contribution >= 0.6 is 0 Å². The maximum atomic E-state index is 12.9. The highest BCUT2D eigenvalue weighted by Crippen LogP contribution is 2.31. The van der Waals surface area contributed by atoms with E-state index in [1.54, 1.807) is 11.0 Å². The molecule has 2 saturated heterocycles. The van der Waals surface area contributed by atoms with E-state index in [4.69, 9.17) is 13.9 Å². The minimum Gasteiger partial charge on any atom is -0.454 e. The van der Waals surface area contributed by atoms with Crippen molar-refractivity contribution in [2.24, 2.45) is 5.92 Å². The van der Waals surface area contributed by atoms with Gasteiger partial charge >= 0.3 is 0 Å². The van der Waals surface area contributed by atoms with Gasteiger partial charge in [0.1, 0.15) is 5.76 Å². The van der Waals surface area contributed by atoms with Crippen LogP contribution in [0.5, 0.6) is 0 Å². The third kappa shape index (κ3) is 5.33. The van der Waals surface area contributed by atoms with Crippen LogP contribution in [0.4, 0.5) is 0 Å². The first-order valence-electron chi connectivity index (χ1n) is 12.0. The van der Waals surface area contributed by atoms with Gasteiger partial charge in [0.2, 0.25) is 5.91 Å². The summed E-state index contributed by atoms with van der Waals surface area (Å²) >= 11 is 0. The van der Waals surface area contributed by atoms with Gasteiger partial charge in [-0.25, -0.2) is 0 Å². The fourth-order valence-corrected chi connectivity index (χ4v) is 4.58. The first-order chi connectivity index (χ1) is 15.9. The molecule has 0 N–H and O–H groups in total. The number of rotatable bonds is 8. The summed E-state index contributed by atoms with van der Waals surface area (Å²) in [6.45, 7) is 10.2. The SMILES string of the molecule is CCCN(Cc1cccn1Cc1ccc(C(=O)N2CCC3(CC2)OCCO3)o1)C(=O)C(C)C. The average Bonchev–Trinajstić information content (AvgIpc) is 3.56. The molecule has 1 spiro atoms. The minimum absolute atomic E-state index is 0.0323. The molecule has 0 aromatic carbocycles. The quantitative estimate of drug-likeness (QED) is 0.606. The zero-order valence-electron chi connectivity index (χ0n) is 19.9. The van der Waals surface area contributed by atoms with E-state index in [2.05, 4.69) is 11.5 Å². The van der Waals surface area contributed by atoms with Gasteiger partial charge in [0.25, 0.3) is 5.91 Å². The van der Waals surface area contributed by atoms with E-state index in [1.165, 1.54) is 0 Å². The molecule has 2 amide bonds. The highest BCUT2D eigenvalue weighted by Gasteiger charge is 2.41. The van der Waals surface area contributed by atoms with Gasteiger partial charge in [-0.1, -0.05) is 20.8 Å². The van der Waals surface area contributed by atoms with E-state index >= 15 is 0 Å². The predicted octanol–water partition coefficient (Wildman–Crippen LogP) is 3.50. The third-order valence-electron chi connectivity index (χ3n) is 6.40. The van der Waals surface area contributed by atoms with Gasteiger partial charge in [0.05, 0.1) is 26.3 Å². The Bertz CT molecular complexity index is 947. The number of hydrogen-bond acceptors (Lipinski definition) is 5. The second kappa shape index (κ2) is 10.1. The molecule has 0 bridgehead atoms. The van der Waals surface area contributed by atoms with Crippen LogP contribution in [-0.2, 0) is 27.4 Å². The molecule has 0 unspecified atom stereocenters. The fourth-order valence-electron chi connectivity index (χ4n) is 4.58. The van der Waals surface area contributed by atoms with Crippen molar-refractivity contribution in [1.29, 1.82) is 0 Å². The number of carbonyl (C=O) groups is 2. The number of carbonyl (C=O) groups excluding carboxylic acids is 2. The highest BCUT2D eigenvalue weighted by molar-refractivity contribution is 5.91. The number of piperidine rings is 1. The van der Waals surface area contributed by atoms with Crippen LogP contribution in [0.2, 0.25) is 0 Å². The van der Waals surface area contributed by atoms with Crippen LogP contribution in [0.3, 0.4) is 0 Å². The fraction of sp³-hybridized carbons (Fsp3) is 0.600. The van der Waals surface area contributed by atoms with Crippen molar-refractivity contribution in [2.45, 2.75) is 58.9 Å². The van der Waals surface area contributed by atoms with E-state index < -0.39 is 5.79 Å². The molecule has 4 heterocycles. The summed E-state index contributed by atoms with van der Waals surface area (Å²) in [6.07, 6.45) is 4.26. The van der Waals surface area contributed by atoms with Crippen molar-refractivity contribution >= 4 is 11.8 Å². The van der Waals surface area contributed by atoms with Crippen molar-refractivity contribution in [3.8, 4) is 0 Å². The predicted molar refractivity (Wildman–Crippen MR) is 123 cm³/mol. The van der Waals surface area contributed by atoms with Crippen LogP contribution in [0, 0.1) is 5.92 Å². The Morgan fingerprint density at radius 3 is 2.52 bits per heavy atom. The Labute approximate surface area is 195 Å². The zero-order chi connectivity index (χ0) is 23.4. The highest BCUT2D eigenvalue weighted by atomic mass is 16.7. The number of hydrogen-bond donors (Lipinski definition) is 0. The molecule has 180 valence electrons. The van der Waals surface area contributed by atoms with Crippen molar-refractivity contribution in [1.82, 2.24) is 14.4 Å². The summed E-state index contributed by atoms with van der Waals surface area (Å²) in [5.41, 5.74) is 1.04. The number of likely N-dealkylation sites (tertiary alicyclic amines) is 1. The summed E-state index contributed by atoms with van der Waals surface area (Å²) in [4.78, 5) is 29.2. The van der Waals surface area contributed by atoms with Crippen molar-refractivity contribution < 1.29 is 23.5 Å². The number of furan rings is 1. The van der Waals surface area contributed by atoms with Crippen LogP contribution in [0.25, 0.3) is 0 Å². The summed E-state index contributed by atoms with van der Waals surface area (Å²) in [5, 5.41) is 0. The molecule has 33 heavy (non-hydrogen) atoms. The maximum absolute atomic E-state index is 12.9. The van der Waals surface area contributed by atoms with E-state index in [0.717, 1.165) is 18.7 Å². The molecular weight excluding hydrogens is 422 g/mol. The molecule has 4 rings (SSSR count). The number of ether oxygens (including phenoxy) is 2. The monoisotopic (exact) mass is 457 g/mol. The second-order valence-corrected chi connectivity index (χ2v) is 9.21. The molecule has 0 saturated carbocycles. The van der Waals surface area contributed by atoms with Crippen LogP contribution in [0.1, 0.15) is 62.0 Å². The lowest BCUT2D eigenvalue weighted by Crippen LogP contribution is -2.47. The molecule has 0 aliphatic carbocycles. The normalized spacial score (nSPS) is 17.8. The first kappa shape index (κ1) is 23.6. The molecule has 2 aromatic heterocycles. The van der Waals surface area contributed by atoms with Gasteiger partial charge in [-0.3, -0.25) is 9.59 Å². The maximum Gasteiger partial charge on any atom is 0.289 e. The Morgan fingerprint density at radius 2 is 1.85 bits per heavy atom. The molecule has 0 atom stereocenters. The molecular formula is C25H35N3O5. The van der Waals surface area contributed by atoms with Gasteiger partial charge in [0, 0.05) is 50.3 Å². The van der Waals surface area contributed by atoms with E-state index in [-0.39, 0.29) is 17.7 Å². The molecule has 0 radical (unpaired) electrons. The van der Waals surface area contributed by atoms with Crippen molar-refractivity contribution in [3.05, 3.63) is 47.7 Å². The van der Waals surface area contributed by atoms with E-state index in [0.29, 0.717) is 63.8 Å².